The van der Waals surface area contributed by atoms with Crippen LogP contribution in [0.3, 0.4) is 0 Å². The number of nitrogens with zero attached hydrogens (tertiary/aromatic N) is 2. The molecule has 8 nitrogen and oxygen atoms in total. The number of piperidine rings is 1. The van der Waals surface area contributed by atoms with Crippen LogP contribution in [0.15, 0.2) is 42.6 Å². The molecule has 1 aliphatic carbocycles. The van der Waals surface area contributed by atoms with Gasteiger partial charge in [-0.15, -0.1) is 0 Å². The summed E-state index contributed by atoms with van der Waals surface area (Å²) in [7, 11) is -3.86. The standard InChI is InChI=1S/C23H34N2O6S/c1-21(2,3)31-20(28)24-15-12-23(17-26,13-16-24)19(27)18-9-8-14-25(18)32(29,30)22(4)10-6-5-7-11-22/h5-10,14,19,26-27H,11-13,15-17H2,1-4H3. The van der Waals surface area contributed by atoms with Gasteiger partial charge in [0.15, 0.2) is 0 Å². The first-order valence-corrected chi connectivity index (χ1v) is 12.3. The van der Waals surface area contributed by atoms with E-state index >= 15 is 0 Å². The van der Waals surface area contributed by atoms with Crippen molar-refractivity contribution < 1.29 is 28.2 Å². The van der Waals surface area contributed by atoms with Crippen LogP contribution in [0.4, 0.5) is 4.79 Å². The zero-order valence-corrected chi connectivity index (χ0v) is 20.0. The van der Waals surface area contributed by atoms with Crippen molar-refractivity contribution in [3.05, 3.63) is 48.3 Å². The van der Waals surface area contributed by atoms with Crippen molar-refractivity contribution in [2.45, 2.75) is 63.4 Å². The van der Waals surface area contributed by atoms with Crippen molar-refractivity contribution >= 4 is 16.1 Å². The van der Waals surface area contributed by atoms with Crippen LogP contribution in [0.2, 0.25) is 0 Å². The molecule has 0 radical (unpaired) electrons. The third-order valence-electron chi connectivity index (χ3n) is 6.40. The van der Waals surface area contributed by atoms with Crippen molar-refractivity contribution in [1.82, 2.24) is 8.87 Å². The third-order valence-corrected chi connectivity index (χ3v) is 8.73. The van der Waals surface area contributed by atoms with Gasteiger partial charge in [0.1, 0.15) is 16.5 Å². The number of amides is 1. The molecule has 1 amide bonds. The molecule has 1 saturated heterocycles. The fraction of sp³-hybridized carbons (Fsp3) is 0.609. The number of ether oxygens (including phenoxy) is 1. The minimum absolute atomic E-state index is 0.217. The van der Waals surface area contributed by atoms with Crippen molar-refractivity contribution in [2.75, 3.05) is 19.7 Å². The highest BCUT2D eigenvalue weighted by Gasteiger charge is 2.46. The van der Waals surface area contributed by atoms with Gasteiger partial charge in [-0.25, -0.2) is 17.2 Å². The number of carbonyl (C=O) groups excluding carboxylic acids is 1. The van der Waals surface area contributed by atoms with E-state index < -0.39 is 38.0 Å². The predicted octanol–water partition coefficient (Wildman–Crippen LogP) is 2.98. The van der Waals surface area contributed by atoms with Crippen molar-refractivity contribution in [2.24, 2.45) is 5.41 Å². The Morgan fingerprint density at radius 3 is 2.44 bits per heavy atom. The summed E-state index contributed by atoms with van der Waals surface area (Å²) in [4.78, 5) is 13.9. The van der Waals surface area contributed by atoms with Crippen LogP contribution in [0.5, 0.6) is 0 Å². The highest BCUT2D eigenvalue weighted by atomic mass is 32.2. The summed E-state index contributed by atoms with van der Waals surface area (Å²) >= 11 is 0. The molecule has 1 aromatic heterocycles. The molecule has 1 aromatic rings. The quantitative estimate of drug-likeness (QED) is 0.691. The van der Waals surface area contributed by atoms with Crippen LogP contribution < -0.4 is 0 Å². The molecule has 178 valence electrons. The summed E-state index contributed by atoms with van der Waals surface area (Å²) in [6, 6.07) is 3.16. The molecule has 2 unspecified atom stereocenters. The van der Waals surface area contributed by atoms with E-state index in [1.54, 1.807) is 63.0 Å². The normalized spacial score (nSPS) is 24.4. The number of carbonyl (C=O) groups is 1. The molecule has 1 fully saturated rings. The first kappa shape index (κ1) is 24.5. The average Bonchev–Trinajstić information content (AvgIpc) is 3.23. The molecule has 2 heterocycles. The third kappa shape index (κ3) is 4.51. The Hall–Kier alpha value is -2.10. The van der Waals surface area contributed by atoms with Gasteiger partial charge in [-0.1, -0.05) is 24.3 Å². The fourth-order valence-electron chi connectivity index (χ4n) is 4.23. The maximum Gasteiger partial charge on any atom is 0.410 e. The molecule has 32 heavy (non-hydrogen) atoms. The van der Waals surface area contributed by atoms with Crippen LogP contribution in [0, 0.1) is 5.41 Å². The van der Waals surface area contributed by atoms with Crippen molar-refractivity contribution in [3.8, 4) is 0 Å². The molecule has 9 heteroatoms. The first-order chi connectivity index (χ1) is 14.9. The molecule has 2 N–H and O–H groups in total. The maximum absolute atomic E-state index is 13.5. The average molecular weight is 467 g/mol. The lowest BCUT2D eigenvalue weighted by atomic mass is 9.73. The smallest absolute Gasteiger partial charge is 0.410 e. The number of rotatable bonds is 5. The Bertz CT molecular complexity index is 996. The van der Waals surface area contributed by atoms with Gasteiger partial charge in [-0.2, -0.15) is 0 Å². The number of aliphatic hydroxyl groups excluding tert-OH is 2. The summed E-state index contributed by atoms with van der Waals surface area (Å²) in [6.07, 6.45) is 7.72. The van der Waals surface area contributed by atoms with Gasteiger partial charge in [0, 0.05) is 24.7 Å². The molecule has 3 rings (SSSR count). The minimum Gasteiger partial charge on any atom is -0.444 e. The van der Waals surface area contributed by atoms with E-state index in [4.69, 9.17) is 4.74 Å². The summed E-state index contributed by atoms with van der Waals surface area (Å²) in [5, 5.41) is 21.6. The van der Waals surface area contributed by atoms with Gasteiger partial charge in [-0.3, -0.25) is 0 Å². The van der Waals surface area contributed by atoms with Crippen molar-refractivity contribution in [1.29, 1.82) is 0 Å². The summed E-state index contributed by atoms with van der Waals surface area (Å²) < 4.78 is 32.4. The van der Waals surface area contributed by atoms with E-state index in [1.807, 2.05) is 6.08 Å². The molecule has 0 aromatic carbocycles. The Morgan fingerprint density at radius 1 is 1.25 bits per heavy atom. The van der Waals surface area contributed by atoms with E-state index in [0.717, 1.165) is 3.97 Å². The Labute approximate surface area is 190 Å². The van der Waals surface area contributed by atoms with E-state index in [1.165, 1.54) is 6.20 Å². The van der Waals surface area contributed by atoms with E-state index in [-0.39, 0.29) is 12.3 Å². The fourth-order valence-corrected chi connectivity index (χ4v) is 5.90. The monoisotopic (exact) mass is 466 g/mol. The van der Waals surface area contributed by atoms with Crippen LogP contribution in [-0.4, -0.2) is 63.6 Å². The second-order valence-corrected chi connectivity index (χ2v) is 12.2. The molecule has 0 bridgehead atoms. The largest absolute Gasteiger partial charge is 0.444 e. The van der Waals surface area contributed by atoms with Crippen LogP contribution in [0.1, 0.15) is 58.8 Å². The molecule has 2 atom stereocenters. The molecule has 0 spiro atoms. The molecule has 0 saturated carbocycles. The van der Waals surface area contributed by atoms with Gasteiger partial charge in [0.25, 0.3) is 0 Å². The highest BCUT2D eigenvalue weighted by Crippen LogP contribution is 2.44. The van der Waals surface area contributed by atoms with E-state index in [2.05, 4.69) is 0 Å². The lowest BCUT2D eigenvalue weighted by Crippen LogP contribution is -2.49. The SMILES string of the molecule is CC(C)(C)OC(=O)N1CCC(CO)(C(O)c2cccn2S(=O)(=O)C2(C)C=CC=CC2)CC1. The molecule has 2 aliphatic rings. The predicted molar refractivity (Wildman–Crippen MR) is 122 cm³/mol. The molecular formula is C23H34N2O6S. The van der Waals surface area contributed by atoms with Gasteiger partial charge in [0.05, 0.1) is 12.3 Å². The first-order valence-electron chi connectivity index (χ1n) is 10.9. The molecular weight excluding hydrogens is 432 g/mol. The van der Waals surface area contributed by atoms with Gasteiger partial charge in [-0.05, 0) is 59.1 Å². The van der Waals surface area contributed by atoms with Gasteiger partial charge in [0.2, 0.25) is 10.0 Å². The zero-order chi connectivity index (χ0) is 23.8. The Kier molecular flexibility index (Phi) is 6.66. The minimum atomic E-state index is -3.86. The second kappa shape index (κ2) is 8.68. The van der Waals surface area contributed by atoms with Crippen LogP contribution in [-0.2, 0) is 14.8 Å². The summed E-state index contributed by atoms with van der Waals surface area (Å²) in [6.45, 7) is 7.30. The number of allylic oxidation sites excluding steroid dienone is 3. The lowest BCUT2D eigenvalue weighted by molar-refractivity contribution is -0.0651. The number of hydrogen-bond donors (Lipinski definition) is 2. The van der Waals surface area contributed by atoms with Crippen LogP contribution >= 0.6 is 0 Å². The number of hydrogen-bond acceptors (Lipinski definition) is 6. The van der Waals surface area contributed by atoms with Crippen LogP contribution in [0.25, 0.3) is 0 Å². The van der Waals surface area contributed by atoms with E-state index in [0.29, 0.717) is 32.4 Å². The highest BCUT2D eigenvalue weighted by molar-refractivity contribution is 7.91. The Balaban J connectivity index is 1.83. The Morgan fingerprint density at radius 2 is 1.91 bits per heavy atom. The second-order valence-electron chi connectivity index (χ2n) is 9.93. The topological polar surface area (TPSA) is 109 Å². The molecule has 1 aliphatic heterocycles. The van der Waals surface area contributed by atoms with Gasteiger partial charge >= 0.3 is 6.09 Å². The van der Waals surface area contributed by atoms with Gasteiger partial charge < -0.3 is 19.8 Å². The van der Waals surface area contributed by atoms with E-state index in [9.17, 15) is 23.4 Å². The van der Waals surface area contributed by atoms with Crippen molar-refractivity contribution in [3.63, 3.8) is 0 Å². The maximum atomic E-state index is 13.5. The lowest BCUT2D eigenvalue weighted by Gasteiger charge is -2.43. The summed E-state index contributed by atoms with van der Waals surface area (Å²) in [5.74, 6) is 0. The number of aromatic nitrogens is 1. The number of likely N-dealkylation sites (tertiary alicyclic amines) is 1. The zero-order valence-electron chi connectivity index (χ0n) is 19.2. The number of aliphatic hydroxyl groups is 2. The summed E-state index contributed by atoms with van der Waals surface area (Å²) in [5.41, 5.74) is -1.36.